The molecule has 0 bridgehead atoms. The molecule has 2 aromatic carbocycles. The van der Waals surface area contributed by atoms with Crippen molar-refractivity contribution in [3.63, 3.8) is 0 Å². The van der Waals surface area contributed by atoms with Crippen molar-refractivity contribution in [2.75, 3.05) is 11.9 Å². The van der Waals surface area contributed by atoms with E-state index in [9.17, 15) is 4.79 Å². The van der Waals surface area contributed by atoms with Gasteiger partial charge in [-0.3, -0.25) is 10.1 Å². The Kier molecular flexibility index (Phi) is 4.06. The first-order valence-corrected chi connectivity index (χ1v) is 7.94. The number of rotatable bonds is 4. The molecule has 0 aliphatic heterocycles. The molecule has 112 valence electrons. The van der Waals surface area contributed by atoms with Crippen LogP contribution >= 0.6 is 11.3 Å². The third kappa shape index (κ3) is 2.94. The molecule has 5 heteroatoms. The van der Waals surface area contributed by atoms with Gasteiger partial charge in [0.2, 0.25) is 0 Å². The summed E-state index contributed by atoms with van der Waals surface area (Å²) in [5, 5.41) is 7.38. The standard InChI is InChI=1S/C17H16N2O2S/c1-3-21-15-9-13-7-5-4-6-12(13)8-14(15)16(20)19-17-18-11(2)10-22-17/h4-10H,3H2,1-2H3,(H,18,19,20). The molecular weight excluding hydrogens is 296 g/mol. The number of benzene rings is 2. The minimum Gasteiger partial charge on any atom is -0.493 e. The summed E-state index contributed by atoms with van der Waals surface area (Å²) in [5.41, 5.74) is 1.41. The highest BCUT2D eigenvalue weighted by molar-refractivity contribution is 7.13. The second kappa shape index (κ2) is 6.15. The summed E-state index contributed by atoms with van der Waals surface area (Å²) >= 11 is 1.41. The van der Waals surface area contributed by atoms with Crippen molar-refractivity contribution in [2.45, 2.75) is 13.8 Å². The molecule has 3 aromatic rings. The van der Waals surface area contributed by atoms with Gasteiger partial charge >= 0.3 is 0 Å². The van der Waals surface area contributed by atoms with Gasteiger partial charge in [0.25, 0.3) is 5.91 Å². The van der Waals surface area contributed by atoms with Gasteiger partial charge in [-0.15, -0.1) is 11.3 Å². The number of aromatic nitrogens is 1. The maximum Gasteiger partial charge on any atom is 0.261 e. The van der Waals surface area contributed by atoms with Crippen LogP contribution in [-0.4, -0.2) is 17.5 Å². The molecular formula is C17H16N2O2S. The Balaban J connectivity index is 1.99. The number of carbonyl (C=O) groups is 1. The van der Waals surface area contributed by atoms with Crippen molar-refractivity contribution >= 4 is 33.1 Å². The predicted molar refractivity (Wildman–Crippen MR) is 89.9 cm³/mol. The van der Waals surface area contributed by atoms with Crippen molar-refractivity contribution in [3.05, 3.63) is 53.0 Å². The van der Waals surface area contributed by atoms with E-state index >= 15 is 0 Å². The van der Waals surface area contributed by atoms with Gasteiger partial charge in [-0.25, -0.2) is 4.98 Å². The number of aryl methyl sites for hydroxylation is 1. The molecule has 1 N–H and O–H groups in total. The topological polar surface area (TPSA) is 51.2 Å². The van der Waals surface area contributed by atoms with Crippen LogP contribution in [0.25, 0.3) is 10.8 Å². The van der Waals surface area contributed by atoms with Gasteiger partial charge < -0.3 is 4.74 Å². The fourth-order valence-electron chi connectivity index (χ4n) is 2.25. The number of nitrogens with one attached hydrogen (secondary N) is 1. The van der Waals surface area contributed by atoms with Gasteiger partial charge in [0.05, 0.1) is 17.9 Å². The first-order chi connectivity index (χ1) is 10.7. The third-order valence-electron chi connectivity index (χ3n) is 3.23. The lowest BCUT2D eigenvalue weighted by atomic mass is 10.1. The van der Waals surface area contributed by atoms with Crippen molar-refractivity contribution < 1.29 is 9.53 Å². The Morgan fingerprint density at radius 1 is 1.27 bits per heavy atom. The fourth-order valence-corrected chi connectivity index (χ4v) is 2.93. The highest BCUT2D eigenvalue weighted by Crippen LogP contribution is 2.27. The molecule has 0 fully saturated rings. The third-order valence-corrected chi connectivity index (χ3v) is 4.11. The molecule has 0 saturated heterocycles. The first-order valence-electron chi connectivity index (χ1n) is 7.06. The summed E-state index contributed by atoms with van der Waals surface area (Å²) in [6.07, 6.45) is 0. The van der Waals surface area contributed by atoms with Crippen LogP contribution in [-0.2, 0) is 0 Å². The molecule has 3 rings (SSSR count). The van der Waals surface area contributed by atoms with E-state index in [2.05, 4.69) is 10.3 Å². The maximum absolute atomic E-state index is 12.5. The average Bonchev–Trinajstić information content (AvgIpc) is 2.92. The Hall–Kier alpha value is -2.40. The fraction of sp³-hybridized carbons (Fsp3) is 0.176. The second-order valence-electron chi connectivity index (χ2n) is 4.88. The van der Waals surface area contributed by atoms with E-state index in [1.54, 1.807) is 0 Å². The van der Waals surface area contributed by atoms with E-state index in [0.29, 0.717) is 23.1 Å². The number of fused-ring (bicyclic) bond motifs is 1. The first kappa shape index (κ1) is 14.5. The highest BCUT2D eigenvalue weighted by atomic mass is 32.1. The molecule has 0 aliphatic carbocycles. The molecule has 1 heterocycles. The smallest absolute Gasteiger partial charge is 0.261 e. The van der Waals surface area contributed by atoms with E-state index in [4.69, 9.17) is 4.74 Å². The van der Waals surface area contributed by atoms with E-state index in [-0.39, 0.29) is 5.91 Å². The van der Waals surface area contributed by atoms with Crippen molar-refractivity contribution in [3.8, 4) is 5.75 Å². The minimum absolute atomic E-state index is 0.205. The highest BCUT2D eigenvalue weighted by Gasteiger charge is 2.15. The van der Waals surface area contributed by atoms with Crippen LogP contribution in [0.1, 0.15) is 23.0 Å². The van der Waals surface area contributed by atoms with Crippen molar-refractivity contribution in [1.82, 2.24) is 4.98 Å². The predicted octanol–water partition coefficient (Wildman–Crippen LogP) is 4.26. The van der Waals surface area contributed by atoms with E-state index in [1.807, 2.05) is 55.6 Å². The number of hydrogen-bond donors (Lipinski definition) is 1. The number of anilines is 1. The van der Waals surface area contributed by atoms with Crippen LogP contribution in [0.2, 0.25) is 0 Å². The van der Waals surface area contributed by atoms with E-state index in [1.165, 1.54) is 11.3 Å². The summed E-state index contributed by atoms with van der Waals surface area (Å²) in [6, 6.07) is 11.7. The van der Waals surface area contributed by atoms with Crippen molar-refractivity contribution in [1.29, 1.82) is 0 Å². The number of carbonyl (C=O) groups excluding carboxylic acids is 1. The number of thiazole rings is 1. The summed E-state index contributed by atoms with van der Waals surface area (Å²) in [7, 11) is 0. The Labute approximate surface area is 132 Å². The molecule has 0 saturated carbocycles. The lowest BCUT2D eigenvalue weighted by Gasteiger charge is -2.11. The molecule has 0 spiro atoms. The number of hydrogen-bond acceptors (Lipinski definition) is 4. The van der Waals surface area contributed by atoms with E-state index in [0.717, 1.165) is 16.5 Å². The second-order valence-corrected chi connectivity index (χ2v) is 5.73. The Morgan fingerprint density at radius 2 is 2.00 bits per heavy atom. The van der Waals surface area contributed by atoms with E-state index < -0.39 is 0 Å². The van der Waals surface area contributed by atoms with Gasteiger partial charge in [0.1, 0.15) is 5.75 Å². The summed E-state index contributed by atoms with van der Waals surface area (Å²) < 4.78 is 5.63. The van der Waals surface area contributed by atoms with Gasteiger partial charge in [-0.2, -0.15) is 0 Å². The lowest BCUT2D eigenvalue weighted by Crippen LogP contribution is -2.13. The zero-order valence-corrected chi connectivity index (χ0v) is 13.2. The van der Waals surface area contributed by atoms with Gasteiger partial charge in [-0.05, 0) is 36.8 Å². The zero-order chi connectivity index (χ0) is 15.5. The molecule has 22 heavy (non-hydrogen) atoms. The molecule has 0 aliphatic rings. The molecule has 0 radical (unpaired) electrons. The maximum atomic E-state index is 12.5. The van der Waals surface area contributed by atoms with Crippen LogP contribution in [0.3, 0.4) is 0 Å². The normalized spacial score (nSPS) is 10.6. The van der Waals surface area contributed by atoms with Crippen LogP contribution in [0.5, 0.6) is 5.75 Å². The molecule has 4 nitrogen and oxygen atoms in total. The summed E-state index contributed by atoms with van der Waals surface area (Å²) in [4.78, 5) is 16.8. The van der Waals surface area contributed by atoms with Crippen molar-refractivity contribution in [2.24, 2.45) is 0 Å². The number of amides is 1. The van der Waals surface area contributed by atoms with Gasteiger partial charge in [0.15, 0.2) is 5.13 Å². The lowest BCUT2D eigenvalue weighted by molar-refractivity contribution is 0.102. The summed E-state index contributed by atoms with van der Waals surface area (Å²) in [6.45, 7) is 4.31. The molecule has 0 atom stereocenters. The SMILES string of the molecule is CCOc1cc2ccccc2cc1C(=O)Nc1nc(C)cs1. The summed E-state index contributed by atoms with van der Waals surface area (Å²) in [5.74, 6) is 0.385. The Morgan fingerprint density at radius 3 is 2.64 bits per heavy atom. The van der Waals surface area contributed by atoms with Gasteiger partial charge in [0, 0.05) is 5.38 Å². The molecule has 1 aromatic heterocycles. The quantitative estimate of drug-likeness (QED) is 0.783. The number of ether oxygens (including phenoxy) is 1. The van der Waals surface area contributed by atoms with Crippen LogP contribution in [0.15, 0.2) is 41.8 Å². The average molecular weight is 312 g/mol. The largest absolute Gasteiger partial charge is 0.493 e. The van der Waals surface area contributed by atoms with Crippen LogP contribution in [0.4, 0.5) is 5.13 Å². The molecule has 0 unspecified atom stereocenters. The van der Waals surface area contributed by atoms with Gasteiger partial charge in [-0.1, -0.05) is 24.3 Å². The minimum atomic E-state index is -0.205. The Bertz CT molecular complexity index is 826. The van der Waals surface area contributed by atoms with Crippen LogP contribution < -0.4 is 10.1 Å². The monoisotopic (exact) mass is 312 g/mol. The number of nitrogens with zero attached hydrogens (tertiary/aromatic N) is 1. The molecule has 1 amide bonds. The zero-order valence-electron chi connectivity index (χ0n) is 12.4. The van der Waals surface area contributed by atoms with Crippen LogP contribution in [0, 0.1) is 6.92 Å².